The van der Waals surface area contributed by atoms with Crippen LogP contribution < -0.4 is 10.0 Å². The van der Waals surface area contributed by atoms with Gasteiger partial charge in [-0.3, -0.25) is 4.79 Å². The molecule has 0 saturated carbocycles. The van der Waals surface area contributed by atoms with Gasteiger partial charge in [-0.05, 0) is 43.0 Å². The van der Waals surface area contributed by atoms with Crippen LogP contribution in [0.15, 0.2) is 47.4 Å². The van der Waals surface area contributed by atoms with Crippen LogP contribution in [0.5, 0.6) is 0 Å². The van der Waals surface area contributed by atoms with Gasteiger partial charge in [0.1, 0.15) is 0 Å². The summed E-state index contributed by atoms with van der Waals surface area (Å²) in [6.07, 6.45) is 7.02. The van der Waals surface area contributed by atoms with Crippen LogP contribution >= 0.6 is 0 Å². The van der Waals surface area contributed by atoms with E-state index < -0.39 is 10.0 Å². The largest absolute Gasteiger partial charge is 0.396 e. The van der Waals surface area contributed by atoms with Gasteiger partial charge in [-0.2, -0.15) is 0 Å². The number of allylic oxidation sites excluding steroid dienone is 3. The van der Waals surface area contributed by atoms with Crippen LogP contribution in [-0.4, -0.2) is 32.6 Å². The lowest BCUT2D eigenvalue weighted by Crippen LogP contribution is -2.26. The normalized spacial score (nSPS) is 17.2. The maximum Gasteiger partial charge on any atom is 0.240 e. The Morgan fingerprint density at radius 2 is 1.96 bits per heavy atom. The first-order chi connectivity index (χ1) is 11.9. The quantitative estimate of drug-likeness (QED) is 0.617. The van der Waals surface area contributed by atoms with Gasteiger partial charge in [0.05, 0.1) is 4.91 Å². The van der Waals surface area contributed by atoms with E-state index in [4.69, 9.17) is 5.11 Å². The van der Waals surface area contributed by atoms with E-state index in [2.05, 4.69) is 10.0 Å². The van der Waals surface area contributed by atoms with Crippen LogP contribution in [-0.2, 0) is 14.8 Å². The predicted molar refractivity (Wildman–Crippen MR) is 98.6 cm³/mol. The van der Waals surface area contributed by atoms with Crippen LogP contribution in [0.25, 0.3) is 0 Å². The van der Waals surface area contributed by atoms with E-state index in [0.717, 1.165) is 11.3 Å². The summed E-state index contributed by atoms with van der Waals surface area (Å²) < 4.78 is 27.0. The Bertz CT molecular complexity index is 752. The van der Waals surface area contributed by atoms with Gasteiger partial charge in [0, 0.05) is 31.7 Å². The van der Waals surface area contributed by atoms with Crippen molar-refractivity contribution in [2.75, 3.05) is 18.5 Å². The second-order valence-electron chi connectivity index (χ2n) is 5.94. The summed E-state index contributed by atoms with van der Waals surface area (Å²) in [4.78, 5) is 11.3. The molecule has 1 unspecified atom stereocenters. The molecule has 0 heterocycles. The number of sulfonamides is 1. The van der Waals surface area contributed by atoms with Gasteiger partial charge in [-0.15, -0.1) is 0 Å². The molecule has 0 fully saturated rings. The molecule has 0 radical (unpaired) electrons. The highest BCUT2D eigenvalue weighted by molar-refractivity contribution is 7.93. The number of amides is 1. The second-order valence-corrected chi connectivity index (χ2v) is 7.71. The van der Waals surface area contributed by atoms with E-state index in [0.29, 0.717) is 25.8 Å². The lowest BCUT2D eigenvalue weighted by atomic mass is 9.92. The Morgan fingerprint density at radius 1 is 1.24 bits per heavy atom. The molecule has 1 aliphatic carbocycles. The van der Waals surface area contributed by atoms with Gasteiger partial charge in [-0.1, -0.05) is 24.3 Å². The number of aliphatic hydroxyl groups excluding tert-OH is 1. The first kappa shape index (κ1) is 19.4. The highest BCUT2D eigenvalue weighted by Crippen LogP contribution is 2.29. The van der Waals surface area contributed by atoms with Gasteiger partial charge in [0.25, 0.3) is 0 Å². The zero-order valence-corrected chi connectivity index (χ0v) is 15.1. The number of rotatable bonds is 8. The topological polar surface area (TPSA) is 95.5 Å². The predicted octanol–water partition coefficient (Wildman–Crippen LogP) is 2.26. The van der Waals surface area contributed by atoms with E-state index >= 15 is 0 Å². The summed E-state index contributed by atoms with van der Waals surface area (Å²) in [6, 6.07) is 7.54. The van der Waals surface area contributed by atoms with E-state index in [9.17, 15) is 13.2 Å². The fourth-order valence-corrected chi connectivity index (χ4v) is 3.74. The Labute approximate surface area is 148 Å². The van der Waals surface area contributed by atoms with Crippen molar-refractivity contribution in [1.29, 1.82) is 0 Å². The van der Waals surface area contributed by atoms with Crippen molar-refractivity contribution in [1.82, 2.24) is 4.72 Å². The highest BCUT2D eigenvalue weighted by atomic mass is 32.2. The second kappa shape index (κ2) is 8.94. The lowest BCUT2D eigenvalue weighted by Gasteiger charge is -2.17. The standard InChI is InChI=1S/C18H24N2O4S/c1-14(22)20-17-8-4-15(5-9-17)16-6-10-18(11-7-16)25(23,24)19-12-2-3-13-21/h4-6,8-11,16,19,21H,2-3,7,12-13H2,1H3,(H,20,22). The third-order valence-electron chi connectivity index (χ3n) is 3.91. The first-order valence-corrected chi connectivity index (χ1v) is 9.77. The Morgan fingerprint density at radius 3 is 2.52 bits per heavy atom. The molecule has 1 aromatic rings. The molecular formula is C18H24N2O4S. The molecule has 3 N–H and O–H groups in total. The molecule has 0 bridgehead atoms. The van der Waals surface area contributed by atoms with Gasteiger partial charge in [0.15, 0.2) is 0 Å². The monoisotopic (exact) mass is 364 g/mol. The minimum Gasteiger partial charge on any atom is -0.396 e. The van der Waals surface area contributed by atoms with Crippen molar-refractivity contribution < 1.29 is 18.3 Å². The molecule has 2 rings (SSSR count). The molecule has 1 aliphatic rings. The number of carbonyl (C=O) groups is 1. The number of nitrogens with one attached hydrogen (secondary N) is 2. The SMILES string of the molecule is CC(=O)Nc1ccc(C2C=CC(S(=O)(=O)NCCCCO)=CC2)cc1. The van der Waals surface area contributed by atoms with Crippen LogP contribution in [0.4, 0.5) is 5.69 Å². The third-order valence-corrected chi connectivity index (χ3v) is 5.42. The molecule has 25 heavy (non-hydrogen) atoms. The number of aliphatic hydroxyl groups is 1. The van der Waals surface area contributed by atoms with E-state index in [1.807, 2.05) is 30.3 Å². The van der Waals surface area contributed by atoms with Crippen LogP contribution in [0.3, 0.4) is 0 Å². The average Bonchev–Trinajstić information content (AvgIpc) is 2.59. The van der Waals surface area contributed by atoms with Crippen molar-refractivity contribution >= 4 is 21.6 Å². The molecule has 136 valence electrons. The highest BCUT2D eigenvalue weighted by Gasteiger charge is 2.19. The Kier molecular flexibility index (Phi) is 6.92. The average molecular weight is 364 g/mol. The van der Waals surface area contributed by atoms with E-state index in [-0.39, 0.29) is 23.3 Å². The fourth-order valence-electron chi connectivity index (χ4n) is 2.59. The van der Waals surface area contributed by atoms with E-state index in [1.165, 1.54) is 6.92 Å². The molecule has 6 nitrogen and oxygen atoms in total. The zero-order chi connectivity index (χ0) is 18.3. The minimum atomic E-state index is -3.49. The number of benzene rings is 1. The third kappa shape index (κ3) is 5.81. The summed E-state index contributed by atoms with van der Waals surface area (Å²) in [5.41, 5.74) is 1.80. The maximum absolute atomic E-state index is 12.2. The molecule has 1 aromatic carbocycles. The minimum absolute atomic E-state index is 0.0622. The van der Waals surface area contributed by atoms with Crippen LogP contribution in [0.1, 0.15) is 37.7 Å². The summed E-state index contributed by atoms with van der Waals surface area (Å²) in [7, 11) is -3.49. The van der Waals surface area contributed by atoms with Crippen LogP contribution in [0.2, 0.25) is 0 Å². The summed E-state index contributed by atoms with van der Waals surface area (Å²) in [6.45, 7) is 1.84. The van der Waals surface area contributed by atoms with Crippen molar-refractivity contribution in [2.45, 2.75) is 32.1 Å². The number of anilines is 1. The number of hydrogen-bond donors (Lipinski definition) is 3. The lowest BCUT2D eigenvalue weighted by molar-refractivity contribution is -0.114. The molecule has 0 aromatic heterocycles. The van der Waals surface area contributed by atoms with Crippen molar-refractivity contribution in [3.8, 4) is 0 Å². The molecule has 0 saturated heterocycles. The number of carbonyl (C=O) groups excluding carboxylic acids is 1. The Hall–Kier alpha value is -1.96. The smallest absolute Gasteiger partial charge is 0.240 e. The van der Waals surface area contributed by atoms with Crippen LogP contribution in [0, 0.1) is 0 Å². The molecule has 1 amide bonds. The van der Waals surface area contributed by atoms with Gasteiger partial charge in [0.2, 0.25) is 15.9 Å². The van der Waals surface area contributed by atoms with E-state index in [1.54, 1.807) is 12.2 Å². The zero-order valence-electron chi connectivity index (χ0n) is 14.2. The molecule has 1 atom stereocenters. The molecular weight excluding hydrogens is 340 g/mol. The molecule has 7 heteroatoms. The summed E-state index contributed by atoms with van der Waals surface area (Å²) in [5, 5.41) is 11.4. The maximum atomic E-state index is 12.2. The van der Waals surface area contributed by atoms with Crippen molar-refractivity contribution in [2.24, 2.45) is 0 Å². The first-order valence-electron chi connectivity index (χ1n) is 8.29. The summed E-state index contributed by atoms with van der Waals surface area (Å²) in [5.74, 6) is -0.00528. The molecule has 0 aliphatic heterocycles. The number of unbranched alkanes of at least 4 members (excludes halogenated alkanes) is 1. The van der Waals surface area contributed by atoms with Crippen molar-refractivity contribution in [3.63, 3.8) is 0 Å². The number of hydrogen-bond acceptors (Lipinski definition) is 4. The fraction of sp³-hybridized carbons (Fsp3) is 0.389. The van der Waals surface area contributed by atoms with Gasteiger partial charge < -0.3 is 10.4 Å². The van der Waals surface area contributed by atoms with Gasteiger partial charge in [-0.25, -0.2) is 13.1 Å². The van der Waals surface area contributed by atoms with Gasteiger partial charge >= 0.3 is 0 Å². The molecule has 0 spiro atoms. The Balaban J connectivity index is 1.95. The van der Waals surface area contributed by atoms with Crippen molar-refractivity contribution in [3.05, 3.63) is 53.0 Å². The summed E-state index contributed by atoms with van der Waals surface area (Å²) >= 11 is 0.